The fourth-order valence-corrected chi connectivity index (χ4v) is 7.40. The second-order valence-corrected chi connectivity index (χ2v) is 9.57. The number of rotatable bonds is 4. The van der Waals surface area contributed by atoms with Gasteiger partial charge in [-0.1, -0.05) is 24.3 Å². The van der Waals surface area contributed by atoms with Crippen molar-refractivity contribution in [3.05, 3.63) is 42.4 Å². The van der Waals surface area contributed by atoms with Crippen LogP contribution in [0.1, 0.15) is 50.1 Å². The summed E-state index contributed by atoms with van der Waals surface area (Å²) in [6.07, 6.45) is 10.4. The molecule has 0 saturated heterocycles. The predicted octanol–water partition coefficient (Wildman–Crippen LogP) is 2.86. The Morgan fingerprint density at radius 3 is 2.78 bits per heavy atom. The molecule has 7 rings (SSSR count). The minimum Gasteiger partial charge on any atom is -0.392 e. The van der Waals surface area contributed by atoms with Crippen LogP contribution in [0, 0.1) is 23.2 Å². The Hall–Kier alpha value is -1.69. The summed E-state index contributed by atoms with van der Waals surface area (Å²) in [5.74, 6) is 7.93. The monoisotopic (exact) mass is 364 g/mol. The normalized spacial score (nSPS) is 39.4. The Balaban J connectivity index is 1.31. The van der Waals surface area contributed by atoms with Crippen molar-refractivity contribution < 1.29 is 5.11 Å². The van der Waals surface area contributed by atoms with Gasteiger partial charge in [0.15, 0.2) is 0 Å². The van der Waals surface area contributed by atoms with E-state index in [0.29, 0.717) is 17.9 Å². The number of nitrogens with two attached hydrogens (primary N) is 1. The Morgan fingerprint density at radius 1 is 1.22 bits per heavy atom. The Bertz CT molecular complexity index is 861. The van der Waals surface area contributed by atoms with Crippen LogP contribution in [-0.2, 0) is 0 Å². The van der Waals surface area contributed by atoms with E-state index in [2.05, 4.69) is 39.2 Å². The highest BCUT2D eigenvalue weighted by atomic mass is 16.3. The molecule has 27 heavy (non-hydrogen) atoms. The number of hydrogen-bond acceptors (Lipinski definition) is 4. The number of hydrazine groups is 1. The summed E-state index contributed by atoms with van der Waals surface area (Å²) in [6.45, 7) is 0. The lowest BCUT2D eigenvalue weighted by atomic mass is 9.46. The van der Waals surface area contributed by atoms with Crippen molar-refractivity contribution in [2.24, 2.45) is 29.0 Å². The second-order valence-electron chi connectivity index (χ2n) is 9.57. The first-order chi connectivity index (χ1) is 13.2. The standard InChI is InChI=1S/C22H28N4O/c23-25-21-14-5-13-6-15(21)10-22(8-13,9-14)20(27)7-18-16-3-1-2-4-17(16)19-11-24-12-26(18)19/h1-4,11-15,18,20-21,25,27H,5-10,23H2. The first kappa shape index (κ1) is 16.3. The van der Waals surface area contributed by atoms with Gasteiger partial charge in [0.1, 0.15) is 0 Å². The van der Waals surface area contributed by atoms with Crippen molar-refractivity contribution in [2.45, 2.75) is 56.7 Å². The molecular formula is C22H28N4O. The minimum atomic E-state index is -0.268. The molecule has 0 radical (unpaired) electrons. The lowest BCUT2D eigenvalue weighted by Gasteiger charge is -2.61. The van der Waals surface area contributed by atoms with Crippen LogP contribution in [0.4, 0.5) is 0 Å². The molecule has 4 aliphatic carbocycles. The summed E-state index contributed by atoms with van der Waals surface area (Å²) in [4.78, 5) is 4.37. The average Bonchev–Trinajstić information content (AvgIpc) is 3.24. The maximum atomic E-state index is 11.5. The maximum Gasteiger partial charge on any atom is 0.0956 e. The lowest BCUT2D eigenvalue weighted by Crippen LogP contribution is -2.62. The van der Waals surface area contributed by atoms with Crippen LogP contribution in [0.15, 0.2) is 36.8 Å². The number of aliphatic hydroxyl groups is 1. The molecule has 1 aromatic carbocycles. The van der Waals surface area contributed by atoms with Gasteiger partial charge in [-0.25, -0.2) is 4.98 Å². The van der Waals surface area contributed by atoms with E-state index in [0.717, 1.165) is 25.2 Å². The number of nitrogens with zero attached hydrogens (tertiary/aromatic N) is 2. The first-order valence-electron chi connectivity index (χ1n) is 10.4. The number of imidazole rings is 1. The zero-order valence-electron chi connectivity index (χ0n) is 15.6. The maximum absolute atomic E-state index is 11.5. The van der Waals surface area contributed by atoms with E-state index in [1.54, 1.807) is 0 Å². The number of hydrogen-bond donors (Lipinski definition) is 3. The minimum absolute atomic E-state index is 0.0854. The van der Waals surface area contributed by atoms with Gasteiger partial charge in [0.05, 0.1) is 30.4 Å². The Kier molecular flexibility index (Phi) is 3.41. The Labute approximate surface area is 160 Å². The van der Waals surface area contributed by atoms with E-state index < -0.39 is 0 Å². The van der Waals surface area contributed by atoms with Gasteiger partial charge in [0.25, 0.3) is 0 Å². The lowest BCUT2D eigenvalue weighted by molar-refractivity contribution is -0.137. The van der Waals surface area contributed by atoms with Gasteiger partial charge in [-0.05, 0) is 67.3 Å². The zero-order chi connectivity index (χ0) is 18.2. The molecular weight excluding hydrogens is 336 g/mol. The van der Waals surface area contributed by atoms with E-state index in [-0.39, 0.29) is 17.6 Å². The molecule has 4 unspecified atom stereocenters. The van der Waals surface area contributed by atoms with Crippen LogP contribution in [-0.4, -0.2) is 26.8 Å². The van der Waals surface area contributed by atoms with Crippen molar-refractivity contribution in [1.82, 2.24) is 15.0 Å². The second kappa shape index (κ2) is 5.66. The van der Waals surface area contributed by atoms with Gasteiger partial charge < -0.3 is 9.67 Å². The van der Waals surface area contributed by atoms with Gasteiger partial charge in [0, 0.05) is 11.6 Å². The van der Waals surface area contributed by atoms with Gasteiger partial charge >= 0.3 is 0 Å². The average molecular weight is 364 g/mol. The third-order valence-corrected chi connectivity index (χ3v) is 8.26. The SMILES string of the molecule is NNC1C2CC3CC1CC(C(O)CC1c4ccccc4-c4cncn41)(C3)C2. The topological polar surface area (TPSA) is 76.1 Å². The van der Waals surface area contributed by atoms with E-state index in [4.69, 9.17) is 5.84 Å². The third-order valence-electron chi connectivity index (χ3n) is 8.26. The molecule has 5 nitrogen and oxygen atoms in total. The molecule has 4 bridgehead atoms. The fraction of sp³-hybridized carbons (Fsp3) is 0.591. The molecule has 0 amide bonds. The molecule has 5 aliphatic rings. The number of benzene rings is 1. The number of fused-ring (bicyclic) bond motifs is 3. The van der Waals surface area contributed by atoms with Crippen LogP contribution in [0.5, 0.6) is 0 Å². The smallest absolute Gasteiger partial charge is 0.0956 e. The number of aromatic nitrogens is 2. The zero-order valence-corrected chi connectivity index (χ0v) is 15.6. The van der Waals surface area contributed by atoms with E-state index in [1.165, 1.54) is 36.1 Å². The third kappa shape index (κ3) is 2.19. The molecule has 5 heteroatoms. The van der Waals surface area contributed by atoms with Crippen molar-refractivity contribution >= 4 is 0 Å². The molecule has 2 aromatic rings. The quantitative estimate of drug-likeness (QED) is 0.576. The van der Waals surface area contributed by atoms with E-state index >= 15 is 0 Å². The highest BCUT2D eigenvalue weighted by molar-refractivity contribution is 5.68. The van der Waals surface area contributed by atoms with Crippen LogP contribution < -0.4 is 11.3 Å². The van der Waals surface area contributed by atoms with Gasteiger partial charge in [-0.3, -0.25) is 11.3 Å². The summed E-state index contributed by atoms with van der Waals surface area (Å²) in [6, 6.07) is 9.25. The predicted molar refractivity (Wildman–Crippen MR) is 104 cm³/mol. The molecule has 4 saturated carbocycles. The fourth-order valence-electron chi connectivity index (χ4n) is 7.40. The van der Waals surface area contributed by atoms with Crippen LogP contribution >= 0.6 is 0 Å². The summed E-state index contributed by atoms with van der Waals surface area (Å²) in [5, 5.41) is 11.5. The van der Waals surface area contributed by atoms with Crippen molar-refractivity contribution in [1.29, 1.82) is 0 Å². The molecule has 142 valence electrons. The molecule has 4 atom stereocenters. The van der Waals surface area contributed by atoms with Crippen LogP contribution in [0.25, 0.3) is 11.3 Å². The first-order valence-corrected chi connectivity index (χ1v) is 10.4. The Morgan fingerprint density at radius 2 is 2.00 bits per heavy atom. The van der Waals surface area contributed by atoms with Crippen LogP contribution in [0.3, 0.4) is 0 Å². The van der Waals surface area contributed by atoms with Gasteiger partial charge in [-0.15, -0.1) is 0 Å². The van der Waals surface area contributed by atoms with Crippen molar-refractivity contribution in [3.8, 4) is 11.3 Å². The van der Waals surface area contributed by atoms with Gasteiger partial charge in [0.2, 0.25) is 0 Å². The van der Waals surface area contributed by atoms with Crippen molar-refractivity contribution in [3.63, 3.8) is 0 Å². The number of nitrogens with one attached hydrogen (secondary N) is 1. The summed E-state index contributed by atoms with van der Waals surface area (Å²) >= 11 is 0. The number of aliphatic hydroxyl groups excluding tert-OH is 1. The van der Waals surface area contributed by atoms with Gasteiger partial charge in [-0.2, -0.15) is 0 Å². The summed E-state index contributed by atoms with van der Waals surface area (Å²) in [5.41, 5.74) is 6.97. The highest BCUT2D eigenvalue weighted by Gasteiger charge is 2.57. The highest BCUT2D eigenvalue weighted by Crippen LogP contribution is 2.62. The summed E-state index contributed by atoms with van der Waals surface area (Å²) in [7, 11) is 0. The molecule has 0 spiro atoms. The largest absolute Gasteiger partial charge is 0.392 e. The molecule has 2 heterocycles. The van der Waals surface area contributed by atoms with Crippen LogP contribution in [0.2, 0.25) is 0 Å². The van der Waals surface area contributed by atoms with E-state index in [9.17, 15) is 5.11 Å². The molecule has 1 aliphatic heterocycles. The van der Waals surface area contributed by atoms with Crippen molar-refractivity contribution in [2.75, 3.05) is 0 Å². The molecule has 4 fully saturated rings. The van der Waals surface area contributed by atoms with E-state index in [1.807, 2.05) is 12.5 Å². The molecule has 1 aromatic heterocycles. The summed E-state index contributed by atoms with van der Waals surface area (Å²) < 4.78 is 2.26. The molecule has 4 N–H and O–H groups in total.